The fourth-order valence-electron chi connectivity index (χ4n) is 4.81. The van der Waals surface area contributed by atoms with Crippen LogP contribution in [0.25, 0.3) is 16.8 Å². The van der Waals surface area contributed by atoms with Crippen molar-refractivity contribution in [3.05, 3.63) is 90.3 Å². The Balaban J connectivity index is 1.13. The Morgan fingerprint density at radius 2 is 1.69 bits per heavy atom. The van der Waals surface area contributed by atoms with E-state index in [4.69, 9.17) is 15.6 Å². The van der Waals surface area contributed by atoms with Crippen LogP contribution in [0.3, 0.4) is 0 Å². The van der Waals surface area contributed by atoms with E-state index in [0.29, 0.717) is 23.1 Å². The van der Waals surface area contributed by atoms with Gasteiger partial charge in [-0.05, 0) is 60.2 Å². The number of aryl methyl sites for hydroxylation is 2. The highest BCUT2D eigenvalue weighted by Gasteiger charge is 2.22. The maximum Gasteiger partial charge on any atom is 0.324 e. The number of carbonyl (C=O) groups is 1. The highest BCUT2D eigenvalue weighted by Crippen LogP contribution is 2.30. The summed E-state index contributed by atoms with van der Waals surface area (Å²) in [5.74, 6) is 1.52. The zero-order chi connectivity index (χ0) is 29.3. The molecule has 3 aromatic heterocycles. The lowest BCUT2D eigenvalue weighted by atomic mass is 9.92. The van der Waals surface area contributed by atoms with Crippen molar-refractivity contribution < 1.29 is 9.53 Å². The van der Waals surface area contributed by atoms with Crippen LogP contribution in [-0.2, 0) is 18.3 Å². The minimum absolute atomic E-state index is 0.140. The van der Waals surface area contributed by atoms with Crippen LogP contribution in [0.1, 0.15) is 44.0 Å². The van der Waals surface area contributed by atoms with E-state index in [2.05, 4.69) is 69.5 Å². The number of nitrogens with one attached hydrogen (secondary N) is 2. The molecule has 0 radical (unpaired) electrons. The molecule has 0 saturated carbocycles. The zero-order valence-corrected chi connectivity index (χ0v) is 23.6. The number of urea groups is 1. The second kappa shape index (κ2) is 10.9. The molecule has 6 rings (SSSR count). The van der Waals surface area contributed by atoms with Gasteiger partial charge in [-0.15, -0.1) is 0 Å². The SMILES string of the molecule is CC(C)(C)c1cc(NC(=O)Nc2cnc(Oc3ccc(-c4cncnc4N)cc3)nc2)n(-c2ccc3c(c2)CCC3)n1. The van der Waals surface area contributed by atoms with E-state index in [1.54, 1.807) is 23.0 Å². The molecule has 0 bridgehead atoms. The third-order valence-corrected chi connectivity index (χ3v) is 7.05. The normalized spacial score (nSPS) is 12.5. The molecule has 2 aromatic carbocycles. The van der Waals surface area contributed by atoms with E-state index in [9.17, 15) is 4.79 Å². The minimum Gasteiger partial charge on any atom is -0.424 e. The number of benzene rings is 2. The monoisotopic (exact) mass is 561 g/mol. The topological polar surface area (TPSA) is 146 Å². The van der Waals surface area contributed by atoms with Crippen molar-refractivity contribution in [2.75, 3.05) is 16.4 Å². The Labute approximate surface area is 243 Å². The van der Waals surface area contributed by atoms with E-state index >= 15 is 0 Å². The van der Waals surface area contributed by atoms with Gasteiger partial charge >= 0.3 is 12.0 Å². The maximum absolute atomic E-state index is 13.0. The second-order valence-electron chi connectivity index (χ2n) is 11.2. The lowest BCUT2D eigenvalue weighted by Crippen LogP contribution is -2.21. The Bertz CT molecular complexity index is 1740. The first kappa shape index (κ1) is 26.9. The summed E-state index contributed by atoms with van der Waals surface area (Å²) in [5.41, 5.74) is 12.3. The van der Waals surface area contributed by atoms with Crippen LogP contribution >= 0.6 is 0 Å². The molecule has 0 saturated heterocycles. The number of carbonyl (C=O) groups excluding carboxylic acids is 1. The molecule has 212 valence electrons. The summed E-state index contributed by atoms with van der Waals surface area (Å²) >= 11 is 0. The van der Waals surface area contributed by atoms with Gasteiger partial charge in [-0.3, -0.25) is 5.32 Å². The highest BCUT2D eigenvalue weighted by molar-refractivity contribution is 5.99. The van der Waals surface area contributed by atoms with Crippen molar-refractivity contribution in [3.8, 4) is 28.6 Å². The quantitative estimate of drug-likeness (QED) is 0.231. The van der Waals surface area contributed by atoms with Crippen molar-refractivity contribution >= 4 is 23.4 Å². The van der Waals surface area contributed by atoms with Gasteiger partial charge in [0.15, 0.2) is 0 Å². The molecule has 1 aliphatic rings. The number of ether oxygens (including phenoxy) is 1. The molecule has 0 fully saturated rings. The largest absolute Gasteiger partial charge is 0.424 e. The van der Waals surface area contributed by atoms with Gasteiger partial charge < -0.3 is 15.8 Å². The lowest BCUT2D eigenvalue weighted by Gasteiger charge is -2.14. The molecular formula is C31H31N9O2. The smallest absolute Gasteiger partial charge is 0.324 e. The summed E-state index contributed by atoms with van der Waals surface area (Å²) < 4.78 is 7.55. The van der Waals surface area contributed by atoms with Gasteiger partial charge in [0.25, 0.3) is 0 Å². The fourth-order valence-corrected chi connectivity index (χ4v) is 4.81. The second-order valence-corrected chi connectivity index (χ2v) is 11.2. The maximum atomic E-state index is 13.0. The number of aromatic nitrogens is 6. The summed E-state index contributed by atoms with van der Waals surface area (Å²) in [6, 6.07) is 15.2. The predicted octanol–water partition coefficient (Wildman–Crippen LogP) is 5.92. The summed E-state index contributed by atoms with van der Waals surface area (Å²) in [5, 5.41) is 10.6. The van der Waals surface area contributed by atoms with Crippen molar-refractivity contribution in [2.45, 2.75) is 45.4 Å². The summed E-state index contributed by atoms with van der Waals surface area (Å²) in [4.78, 5) is 29.5. The molecule has 11 heteroatoms. The molecule has 3 heterocycles. The molecule has 2 amide bonds. The van der Waals surface area contributed by atoms with Crippen LogP contribution in [0.2, 0.25) is 0 Å². The van der Waals surface area contributed by atoms with Gasteiger partial charge in [-0.2, -0.15) is 5.10 Å². The van der Waals surface area contributed by atoms with Gasteiger partial charge in [-0.25, -0.2) is 29.4 Å². The van der Waals surface area contributed by atoms with Crippen LogP contribution in [0.5, 0.6) is 11.8 Å². The van der Waals surface area contributed by atoms with Gasteiger partial charge in [0, 0.05) is 23.2 Å². The predicted molar refractivity (Wildman–Crippen MR) is 161 cm³/mol. The Kier molecular flexibility index (Phi) is 6.99. The Hall–Kier alpha value is -5.32. The first-order chi connectivity index (χ1) is 20.2. The number of nitrogens with two attached hydrogens (primary N) is 1. The molecule has 11 nitrogen and oxygen atoms in total. The third-order valence-electron chi connectivity index (χ3n) is 7.05. The third kappa shape index (κ3) is 5.75. The van der Waals surface area contributed by atoms with Crippen molar-refractivity contribution in [1.82, 2.24) is 29.7 Å². The molecule has 42 heavy (non-hydrogen) atoms. The Morgan fingerprint density at radius 3 is 2.43 bits per heavy atom. The average Bonchev–Trinajstić information content (AvgIpc) is 3.62. The van der Waals surface area contributed by atoms with E-state index in [1.165, 1.54) is 29.8 Å². The van der Waals surface area contributed by atoms with Gasteiger partial charge in [0.05, 0.1) is 29.5 Å². The van der Waals surface area contributed by atoms with E-state index in [1.807, 2.05) is 18.2 Å². The van der Waals surface area contributed by atoms with E-state index < -0.39 is 6.03 Å². The van der Waals surface area contributed by atoms with Gasteiger partial charge in [0.2, 0.25) is 0 Å². The number of nitrogens with zero attached hydrogens (tertiary/aromatic N) is 6. The van der Waals surface area contributed by atoms with Crippen LogP contribution in [0.4, 0.5) is 22.1 Å². The number of fused-ring (bicyclic) bond motifs is 1. The molecule has 5 aromatic rings. The van der Waals surface area contributed by atoms with Gasteiger partial charge in [-0.1, -0.05) is 39.0 Å². The average molecular weight is 562 g/mol. The van der Waals surface area contributed by atoms with Crippen molar-refractivity contribution in [2.24, 2.45) is 0 Å². The first-order valence-corrected chi connectivity index (χ1v) is 13.7. The zero-order valence-electron chi connectivity index (χ0n) is 23.6. The number of anilines is 3. The standard InChI is InChI=1S/C31H31N9O2/c1-31(2,3)26-14-27(40(39-26)23-10-7-19-5-4-6-21(19)13-23)38-29(41)37-22-15-34-30(35-16-22)42-24-11-8-20(9-12-24)25-17-33-18-36-28(25)32/h7-18H,4-6H2,1-3H3,(H2,32,33,36)(H2,37,38,41). The van der Waals surface area contributed by atoms with Gasteiger partial charge in [0.1, 0.15) is 23.7 Å². The Morgan fingerprint density at radius 1 is 0.929 bits per heavy atom. The van der Waals surface area contributed by atoms with Crippen LogP contribution < -0.4 is 21.1 Å². The lowest BCUT2D eigenvalue weighted by molar-refractivity contribution is 0.262. The number of rotatable bonds is 6. The minimum atomic E-state index is -0.435. The van der Waals surface area contributed by atoms with Crippen LogP contribution in [0.15, 0.2) is 73.4 Å². The van der Waals surface area contributed by atoms with Crippen LogP contribution in [-0.4, -0.2) is 35.7 Å². The van der Waals surface area contributed by atoms with E-state index in [-0.39, 0.29) is 11.4 Å². The highest BCUT2D eigenvalue weighted by atomic mass is 16.5. The number of hydrogen-bond acceptors (Lipinski definition) is 8. The molecule has 0 atom stereocenters. The molecule has 0 unspecified atom stereocenters. The summed E-state index contributed by atoms with van der Waals surface area (Å²) in [7, 11) is 0. The molecule has 4 N–H and O–H groups in total. The molecule has 0 aliphatic heterocycles. The number of hydrogen-bond donors (Lipinski definition) is 3. The summed E-state index contributed by atoms with van der Waals surface area (Å²) in [6.07, 6.45) is 9.36. The fraction of sp³-hybridized carbons (Fsp3) is 0.226. The summed E-state index contributed by atoms with van der Waals surface area (Å²) in [6.45, 7) is 6.28. The van der Waals surface area contributed by atoms with E-state index in [0.717, 1.165) is 41.8 Å². The van der Waals surface area contributed by atoms with Crippen molar-refractivity contribution in [3.63, 3.8) is 0 Å². The number of nitrogen functional groups attached to an aromatic ring is 1. The van der Waals surface area contributed by atoms with Crippen molar-refractivity contribution in [1.29, 1.82) is 0 Å². The molecule has 1 aliphatic carbocycles. The van der Waals surface area contributed by atoms with Crippen LogP contribution in [0, 0.1) is 0 Å². The molecular weight excluding hydrogens is 530 g/mol. The number of amides is 2. The molecule has 0 spiro atoms. The first-order valence-electron chi connectivity index (χ1n) is 13.7.